The number of hydrogen-bond donors (Lipinski definition) is 0. The van der Waals surface area contributed by atoms with Crippen molar-refractivity contribution in [2.24, 2.45) is 0 Å². The summed E-state index contributed by atoms with van der Waals surface area (Å²) in [5.41, 5.74) is 0. The summed E-state index contributed by atoms with van der Waals surface area (Å²) < 4.78 is 19.3. The lowest BCUT2D eigenvalue weighted by atomic mass is 10.1. The minimum atomic E-state index is -0.294. The van der Waals surface area contributed by atoms with Crippen LogP contribution in [0.4, 0.5) is 0 Å². The predicted molar refractivity (Wildman–Crippen MR) is 104 cm³/mol. The number of carbonyl (C=O) groups excluding carboxylic acids is 4. The molecule has 0 saturated carbocycles. The largest absolute Gasteiger partial charge is 0.466 e. The van der Waals surface area contributed by atoms with Gasteiger partial charge in [-0.05, 0) is 39.5 Å². The van der Waals surface area contributed by atoms with E-state index < -0.39 is 0 Å². The fourth-order valence-corrected chi connectivity index (χ4v) is 1.84. The van der Waals surface area contributed by atoms with Crippen molar-refractivity contribution in [1.82, 2.24) is 0 Å². The summed E-state index contributed by atoms with van der Waals surface area (Å²) in [5.74, 6) is -0.331. The standard InChI is InChI=1S/2C10H18O4/c1-9(11)5-6-10(12)14-8-4-3-7-13-2;1-9(11)5-3-4-6-10(12)14-8-7-13-2/h2*3-8H2,1-2H3. The maximum atomic E-state index is 11.0. The van der Waals surface area contributed by atoms with Gasteiger partial charge in [0, 0.05) is 40.1 Å². The number of Topliss-reactive ketones (excluding diaryl/α,β-unsaturated/α-hetero) is 2. The molecule has 164 valence electrons. The highest BCUT2D eigenvalue weighted by Gasteiger charge is 2.04. The van der Waals surface area contributed by atoms with E-state index in [4.69, 9.17) is 18.9 Å². The van der Waals surface area contributed by atoms with Gasteiger partial charge >= 0.3 is 11.9 Å². The van der Waals surface area contributed by atoms with Crippen LogP contribution in [0.1, 0.15) is 65.2 Å². The van der Waals surface area contributed by atoms with Gasteiger partial charge in [-0.15, -0.1) is 0 Å². The second kappa shape index (κ2) is 21.5. The molecule has 0 aromatic carbocycles. The quantitative estimate of drug-likeness (QED) is 0.286. The molecule has 0 spiro atoms. The van der Waals surface area contributed by atoms with E-state index in [9.17, 15) is 19.2 Å². The molecule has 28 heavy (non-hydrogen) atoms. The molecular formula is C20H36O8. The summed E-state index contributed by atoms with van der Waals surface area (Å²) in [4.78, 5) is 43.1. The average Bonchev–Trinajstić information content (AvgIpc) is 2.64. The summed E-state index contributed by atoms with van der Waals surface area (Å²) in [6.45, 7) is 4.86. The van der Waals surface area contributed by atoms with Crippen LogP contribution in [0.3, 0.4) is 0 Å². The molecule has 0 fully saturated rings. The molecule has 0 aromatic heterocycles. The maximum absolute atomic E-state index is 11.0. The van der Waals surface area contributed by atoms with Crippen molar-refractivity contribution in [1.29, 1.82) is 0 Å². The van der Waals surface area contributed by atoms with Crippen molar-refractivity contribution < 1.29 is 38.1 Å². The number of rotatable bonds is 16. The fraction of sp³-hybridized carbons (Fsp3) is 0.800. The molecule has 0 radical (unpaired) electrons. The van der Waals surface area contributed by atoms with Gasteiger partial charge < -0.3 is 28.5 Å². The first-order valence-corrected chi connectivity index (χ1v) is 9.61. The van der Waals surface area contributed by atoms with Crippen molar-refractivity contribution in [3.63, 3.8) is 0 Å². The fourth-order valence-electron chi connectivity index (χ4n) is 1.84. The zero-order valence-corrected chi connectivity index (χ0v) is 17.8. The second-order valence-electron chi connectivity index (χ2n) is 6.24. The highest BCUT2D eigenvalue weighted by Crippen LogP contribution is 2.01. The van der Waals surface area contributed by atoms with Gasteiger partial charge in [-0.1, -0.05) is 0 Å². The van der Waals surface area contributed by atoms with E-state index in [1.807, 2.05) is 0 Å². The Morgan fingerprint density at radius 2 is 1.04 bits per heavy atom. The molecule has 0 amide bonds. The zero-order valence-electron chi connectivity index (χ0n) is 17.8. The monoisotopic (exact) mass is 404 g/mol. The third-order valence-electron chi connectivity index (χ3n) is 3.40. The first-order valence-electron chi connectivity index (χ1n) is 9.61. The van der Waals surface area contributed by atoms with E-state index in [0.717, 1.165) is 19.3 Å². The van der Waals surface area contributed by atoms with E-state index in [1.54, 1.807) is 21.1 Å². The van der Waals surface area contributed by atoms with Crippen LogP contribution in [0, 0.1) is 0 Å². The Hall–Kier alpha value is -1.80. The topological polar surface area (TPSA) is 105 Å². The lowest BCUT2D eigenvalue weighted by Crippen LogP contribution is -2.09. The molecule has 0 unspecified atom stereocenters. The molecule has 0 aliphatic carbocycles. The Morgan fingerprint density at radius 1 is 0.536 bits per heavy atom. The molecule has 0 bridgehead atoms. The van der Waals surface area contributed by atoms with Gasteiger partial charge in [0.1, 0.15) is 18.2 Å². The molecule has 8 heteroatoms. The highest BCUT2D eigenvalue weighted by atomic mass is 16.6. The van der Waals surface area contributed by atoms with Gasteiger partial charge in [0.2, 0.25) is 0 Å². The van der Waals surface area contributed by atoms with E-state index in [-0.39, 0.29) is 36.3 Å². The van der Waals surface area contributed by atoms with Crippen LogP contribution in [-0.4, -0.2) is 64.2 Å². The van der Waals surface area contributed by atoms with Gasteiger partial charge in [0.05, 0.1) is 19.6 Å². The maximum Gasteiger partial charge on any atom is 0.306 e. The Labute approximate surface area is 168 Å². The van der Waals surface area contributed by atoms with Crippen LogP contribution < -0.4 is 0 Å². The van der Waals surface area contributed by atoms with Crippen molar-refractivity contribution >= 4 is 23.5 Å². The van der Waals surface area contributed by atoms with Crippen LogP contribution >= 0.6 is 0 Å². The third-order valence-corrected chi connectivity index (χ3v) is 3.40. The van der Waals surface area contributed by atoms with Crippen molar-refractivity contribution in [3.8, 4) is 0 Å². The van der Waals surface area contributed by atoms with Crippen LogP contribution in [-0.2, 0) is 38.1 Å². The first-order chi connectivity index (χ1) is 13.3. The van der Waals surface area contributed by atoms with Crippen LogP contribution in [0.5, 0.6) is 0 Å². The highest BCUT2D eigenvalue weighted by molar-refractivity contribution is 5.80. The van der Waals surface area contributed by atoms with Gasteiger partial charge in [0.25, 0.3) is 0 Å². The minimum Gasteiger partial charge on any atom is -0.466 e. The Kier molecular flexibility index (Phi) is 21.8. The molecule has 0 N–H and O–H groups in total. The first kappa shape index (κ1) is 28.4. The smallest absolute Gasteiger partial charge is 0.306 e. The number of carbonyl (C=O) groups is 4. The third kappa shape index (κ3) is 26.4. The number of methoxy groups -OCH3 is 2. The van der Waals surface area contributed by atoms with Gasteiger partial charge in [-0.2, -0.15) is 0 Å². The zero-order chi connectivity index (χ0) is 21.6. The Bertz CT molecular complexity index is 434. The van der Waals surface area contributed by atoms with Crippen molar-refractivity contribution in [2.45, 2.75) is 65.2 Å². The molecule has 0 aromatic rings. The molecule has 0 atom stereocenters. The second-order valence-corrected chi connectivity index (χ2v) is 6.24. The summed E-state index contributed by atoms with van der Waals surface area (Å²) >= 11 is 0. The number of hydrogen-bond acceptors (Lipinski definition) is 8. The number of esters is 2. The lowest BCUT2D eigenvalue weighted by Gasteiger charge is -2.03. The van der Waals surface area contributed by atoms with Crippen molar-refractivity contribution in [2.75, 3.05) is 40.6 Å². The molecule has 0 aliphatic rings. The normalized spacial score (nSPS) is 9.86. The van der Waals surface area contributed by atoms with Crippen LogP contribution in [0.15, 0.2) is 0 Å². The number of ether oxygens (including phenoxy) is 4. The van der Waals surface area contributed by atoms with Crippen LogP contribution in [0.2, 0.25) is 0 Å². The van der Waals surface area contributed by atoms with E-state index >= 15 is 0 Å². The number of unbranched alkanes of at least 4 members (excludes halogenated alkanes) is 2. The summed E-state index contributed by atoms with van der Waals surface area (Å²) in [6, 6.07) is 0. The molecule has 0 saturated heterocycles. The lowest BCUT2D eigenvalue weighted by molar-refractivity contribution is -0.145. The van der Waals surface area contributed by atoms with E-state index in [0.29, 0.717) is 45.7 Å². The molecule has 8 nitrogen and oxygen atoms in total. The summed E-state index contributed by atoms with van der Waals surface area (Å²) in [5, 5.41) is 0. The molecule has 0 heterocycles. The molecule has 0 aliphatic heterocycles. The van der Waals surface area contributed by atoms with E-state index in [1.165, 1.54) is 6.92 Å². The van der Waals surface area contributed by atoms with Gasteiger partial charge in [-0.25, -0.2) is 0 Å². The predicted octanol–water partition coefficient (Wildman–Crippen LogP) is 2.65. The summed E-state index contributed by atoms with van der Waals surface area (Å²) in [7, 11) is 3.19. The molecule has 0 rings (SSSR count). The van der Waals surface area contributed by atoms with Crippen LogP contribution in [0.25, 0.3) is 0 Å². The molecular weight excluding hydrogens is 368 g/mol. The SMILES string of the molecule is COCCCCOC(=O)CCC(C)=O.COCCOC(=O)CCCCC(C)=O. The Morgan fingerprint density at radius 3 is 1.61 bits per heavy atom. The van der Waals surface area contributed by atoms with Gasteiger partial charge in [0.15, 0.2) is 0 Å². The number of ketones is 2. The Balaban J connectivity index is 0. The van der Waals surface area contributed by atoms with E-state index in [2.05, 4.69) is 0 Å². The average molecular weight is 405 g/mol. The van der Waals surface area contributed by atoms with Crippen molar-refractivity contribution in [3.05, 3.63) is 0 Å². The summed E-state index contributed by atoms with van der Waals surface area (Å²) in [6.07, 6.45) is 4.56. The minimum absolute atomic E-state index is 0.0151. The van der Waals surface area contributed by atoms with Gasteiger partial charge in [-0.3, -0.25) is 9.59 Å².